The van der Waals surface area contributed by atoms with Crippen molar-refractivity contribution < 1.29 is 9.21 Å². The van der Waals surface area contributed by atoms with Crippen molar-refractivity contribution in [2.24, 2.45) is 5.92 Å². The lowest BCUT2D eigenvalue weighted by Gasteiger charge is -2.20. The molecule has 5 heteroatoms. The van der Waals surface area contributed by atoms with Crippen LogP contribution in [0.15, 0.2) is 28.7 Å². The van der Waals surface area contributed by atoms with Gasteiger partial charge in [0, 0.05) is 31.5 Å². The lowest BCUT2D eigenvalue weighted by molar-refractivity contribution is -0.131. The molecule has 0 unspecified atom stereocenters. The number of carbonyl (C=O) groups is 1. The van der Waals surface area contributed by atoms with E-state index in [0.29, 0.717) is 24.6 Å². The van der Waals surface area contributed by atoms with E-state index >= 15 is 0 Å². The fraction of sp³-hybridized carbons (Fsp3) is 0.526. The van der Waals surface area contributed by atoms with Gasteiger partial charge in [-0.2, -0.15) is 0 Å². The summed E-state index contributed by atoms with van der Waals surface area (Å²) < 4.78 is 5.70. The Labute approximate surface area is 143 Å². The van der Waals surface area contributed by atoms with Crippen molar-refractivity contribution in [3.05, 3.63) is 35.7 Å². The number of amides is 1. The second-order valence-corrected chi connectivity index (χ2v) is 6.78. The van der Waals surface area contributed by atoms with E-state index in [9.17, 15) is 4.79 Å². The van der Waals surface area contributed by atoms with Crippen LogP contribution in [0.25, 0.3) is 11.5 Å². The van der Waals surface area contributed by atoms with Gasteiger partial charge in [-0.25, -0.2) is 0 Å². The van der Waals surface area contributed by atoms with Crippen LogP contribution in [0.2, 0.25) is 0 Å². The van der Waals surface area contributed by atoms with Crippen LogP contribution in [0.4, 0.5) is 0 Å². The van der Waals surface area contributed by atoms with E-state index < -0.39 is 0 Å². The van der Waals surface area contributed by atoms with E-state index in [0.717, 1.165) is 37.4 Å². The number of likely N-dealkylation sites (tertiary alicyclic amines) is 1. The third kappa shape index (κ3) is 4.22. The number of rotatable bonds is 4. The molecule has 1 fully saturated rings. The zero-order valence-corrected chi connectivity index (χ0v) is 14.5. The number of hydrogen-bond donors (Lipinski definition) is 0. The molecule has 5 nitrogen and oxygen atoms in total. The monoisotopic (exact) mass is 327 g/mol. The van der Waals surface area contributed by atoms with Crippen LogP contribution >= 0.6 is 0 Å². The summed E-state index contributed by atoms with van der Waals surface area (Å²) in [5, 5.41) is 8.17. The Bertz CT molecular complexity index is 678. The van der Waals surface area contributed by atoms with Crippen molar-refractivity contribution in [3.63, 3.8) is 0 Å². The predicted molar refractivity (Wildman–Crippen MR) is 92.4 cm³/mol. The van der Waals surface area contributed by atoms with E-state index in [4.69, 9.17) is 4.42 Å². The second kappa shape index (κ2) is 7.60. The molecule has 0 aliphatic carbocycles. The summed E-state index contributed by atoms with van der Waals surface area (Å²) >= 11 is 0. The van der Waals surface area contributed by atoms with Gasteiger partial charge in [0.25, 0.3) is 0 Å². The van der Waals surface area contributed by atoms with Crippen molar-refractivity contribution in [1.29, 1.82) is 0 Å². The number of nitrogens with zero attached hydrogens (tertiary/aromatic N) is 3. The number of aryl methyl sites for hydroxylation is 2. The lowest BCUT2D eigenvalue weighted by atomic mass is 10.0. The Hall–Kier alpha value is -2.17. The summed E-state index contributed by atoms with van der Waals surface area (Å²) in [6.07, 6.45) is 4.36. The highest BCUT2D eigenvalue weighted by molar-refractivity contribution is 5.76. The minimum Gasteiger partial charge on any atom is -0.421 e. The summed E-state index contributed by atoms with van der Waals surface area (Å²) in [6.45, 7) is 6.05. The maximum absolute atomic E-state index is 12.4. The lowest BCUT2D eigenvalue weighted by Crippen LogP contribution is -2.32. The molecular weight excluding hydrogens is 302 g/mol. The maximum atomic E-state index is 12.4. The van der Waals surface area contributed by atoms with Gasteiger partial charge in [-0.3, -0.25) is 4.79 Å². The molecule has 2 aromatic rings. The van der Waals surface area contributed by atoms with Crippen LogP contribution in [-0.4, -0.2) is 34.1 Å². The van der Waals surface area contributed by atoms with Gasteiger partial charge < -0.3 is 9.32 Å². The molecule has 1 amide bonds. The van der Waals surface area contributed by atoms with Gasteiger partial charge in [-0.15, -0.1) is 10.2 Å². The SMILES string of the molecule is Cc1ccc(-c2nnc(CCC(=O)N3CCC[C@H](C)CC3)o2)cc1. The molecule has 3 rings (SSSR count). The van der Waals surface area contributed by atoms with Crippen LogP contribution in [-0.2, 0) is 11.2 Å². The van der Waals surface area contributed by atoms with Gasteiger partial charge in [0.2, 0.25) is 17.7 Å². The van der Waals surface area contributed by atoms with Gasteiger partial charge in [-0.1, -0.05) is 24.6 Å². The molecule has 1 aliphatic rings. The first-order valence-electron chi connectivity index (χ1n) is 8.79. The molecule has 1 atom stereocenters. The highest BCUT2D eigenvalue weighted by atomic mass is 16.4. The van der Waals surface area contributed by atoms with Gasteiger partial charge in [0.15, 0.2) is 0 Å². The molecule has 2 heterocycles. The summed E-state index contributed by atoms with van der Waals surface area (Å²) in [6, 6.07) is 7.97. The van der Waals surface area contributed by atoms with E-state index in [1.165, 1.54) is 12.0 Å². The molecule has 128 valence electrons. The molecular formula is C19H25N3O2. The van der Waals surface area contributed by atoms with Crippen LogP contribution in [0, 0.1) is 12.8 Å². The molecule has 0 spiro atoms. The maximum Gasteiger partial charge on any atom is 0.247 e. The number of benzene rings is 1. The normalized spacial score (nSPS) is 18.4. The first-order valence-corrected chi connectivity index (χ1v) is 8.79. The van der Waals surface area contributed by atoms with Crippen molar-refractivity contribution in [1.82, 2.24) is 15.1 Å². The van der Waals surface area contributed by atoms with E-state index in [1.807, 2.05) is 36.1 Å². The summed E-state index contributed by atoms with van der Waals surface area (Å²) in [4.78, 5) is 14.4. The third-order valence-electron chi connectivity index (χ3n) is 4.69. The minimum absolute atomic E-state index is 0.194. The molecule has 0 radical (unpaired) electrons. The van der Waals surface area contributed by atoms with Crippen molar-refractivity contribution in [2.45, 2.75) is 46.0 Å². The Morgan fingerprint density at radius 1 is 1.21 bits per heavy atom. The van der Waals surface area contributed by atoms with Crippen molar-refractivity contribution >= 4 is 5.91 Å². The first-order chi connectivity index (χ1) is 11.6. The minimum atomic E-state index is 0.194. The average Bonchev–Trinajstić information content (AvgIpc) is 2.94. The fourth-order valence-corrected chi connectivity index (χ4v) is 3.05. The van der Waals surface area contributed by atoms with Crippen LogP contribution < -0.4 is 0 Å². The van der Waals surface area contributed by atoms with Gasteiger partial charge in [0.1, 0.15) is 0 Å². The van der Waals surface area contributed by atoms with Crippen molar-refractivity contribution in [3.8, 4) is 11.5 Å². The van der Waals surface area contributed by atoms with E-state index in [1.54, 1.807) is 0 Å². The smallest absolute Gasteiger partial charge is 0.247 e. The predicted octanol–water partition coefficient (Wildman–Crippen LogP) is 3.63. The Kier molecular flexibility index (Phi) is 5.28. The first kappa shape index (κ1) is 16.7. The van der Waals surface area contributed by atoms with Gasteiger partial charge in [-0.05, 0) is 44.2 Å². The van der Waals surface area contributed by atoms with Gasteiger partial charge >= 0.3 is 0 Å². The molecule has 24 heavy (non-hydrogen) atoms. The van der Waals surface area contributed by atoms with E-state index in [-0.39, 0.29) is 5.91 Å². The zero-order valence-electron chi connectivity index (χ0n) is 14.5. The van der Waals surface area contributed by atoms with Gasteiger partial charge in [0.05, 0.1) is 0 Å². The second-order valence-electron chi connectivity index (χ2n) is 6.78. The molecule has 1 aromatic carbocycles. The Balaban J connectivity index is 1.55. The zero-order chi connectivity index (χ0) is 16.9. The van der Waals surface area contributed by atoms with E-state index in [2.05, 4.69) is 17.1 Å². The summed E-state index contributed by atoms with van der Waals surface area (Å²) in [5.41, 5.74) is 2.10. The van der Waals surface area contributed by atoms with Crippen LogP contribution in [0.3, 0.4) is 0 Å². The highest BCUT2D eigenvalue weighted by Gasteiger charge is 2.19. The Morgan fingerprint density at radius 2 is 2.00 bits per heavy atom. The molecule has 1 aromatic heterocycles. The van der Waals surface area contributed by atoms with Crippen LogP contribution in [0.5, 0.6) is 0 Å². The largest absolute Gasteiger partial charge is 0.421 e. The topological polar surface area (TPSA) is 59.2 Å². The highest BCUT2D eigenvalue weighted by Crippen LogP contribution is 2.20. The van der Waals surface area contributed by atoms with Crippen LogP contribution in [0.1, 0.15) is 44.1 Å². The molecule has 0 bridgehead atoms. The quantitative estimate of drug-likeness (QED) is 0.860. The standard InChI is InChI=1S/C19H25N3O2/c1-14-4-3-12-22(13-11-14)18(23)10-9-17-20-21-19(24-17)16-7-5-15(2)6-8-16/h5-8,14H,3-4,9-13H2,1-2H3/t14-/m0/s1. The summed E-state index contributed by atoms with van der Waals surface area (Å²) in [7, 11) is 0. The fourth-order valence-electron chi connectivity index (χ4n) is 3.05. The third-order valence-corrected chi connectivity index (χ3v) is 4.69. The molecule has 0 N–H and O–H groups in total. The Morgan fingerprint density at radius 3 is 2.79 bits per heavy atom. The molecule has 1 aliphatic heterocycles. The summed E-state index contributed by atoms with van der Waals surface area (Å²) in [5.74, 6) is 1.96. The number of carbonyl (C=O) groups excluding carboxylic acids is 1. The average molecular weight is 327 g/mol. The number of aromatic nitrogens is 2. The molecule has 0 saturated carbocycles. The van der Waals surface area contributed by atoms with Crippen molar-refractivity contribution in [2.75, 3.05) is 13.1 Å². The number of hydrogen-bond acceptors (Lipinski definition) is 4. The molecule has 1 saturated heterocycles.